The maximum Gasteiger partial charge on any atom is 0.183 e. The Bertz CT molecular complexity index is 170. The topological polar surface area (TPSA) is 18.5 Å². The van der Waals surface area contributed by atoms with E-state index in [1.54, 1.807) is 0 Å². The molecule has 0 aliphatic heterocycles. The Kier molecular flexibility index (Phi) is 5.24. The first-order valence-corrected chi connectivity index (χ1v) is 12.5. The molecule has 4 heteroatoms. The van der Waals surface area contributed by atoms with Crippen LogP contribution in [0.2, 0.25) is 39.3 Å². The summed E-state index contributed by atoms with van der Waals surface area (Å²) in [5, 5.41) is 0. The van der Waals surface area contributed by atoms with Crippen molar-refractivity contribution in [1.82, 2.24) is 0 Å². The molecule has 0 aromatic heterocycles. The second-order valence-corrected chi connectivity index (χ2v) is 16.0. The minimum absolute atomic E-state index is 0.139. The van der Waals surface area contributed by atoms with Crippen molar-refractivity contribution in [1.29, 1.82) is 0 Å². The third-order valence-corrected chi connectivity index (χ3v) is 3.81. The summed E-state index contributed by atoms with van der Waals surface area (Å²) in [5.74, 6) is 0. The quantitative estimate of drug-likeness (QED) is 0.667. The van der Waals surface area contributed by atoms with Gasteiger partial charge in [-0.15, -0.1) is 0 Å². The van der Waals surface area contributed by atoms with E-state index in [1.807, 2.05) is 0 Å². The van der Waals surface area contributed by atoms with Gasteiger partial charge in [-0.1, -0.05) is 13.8 Å². The first kappa shape index (κ1) is 15.4. The largest absolute Gasteiger partial charge is 0.417 e. The van der Waals surface area contributed by atoms with Gasteiger partial charge in [-0.2, -0.15) is 0 Å². The maximum absolute atomic E-state index is 5.93. The molecule has 0 spiro atoms. The fraction of sp³-hybridized carbons (Fsp3) is 1.00. The van der Waals surface area contributed by atoms with Crippen LogP contribution in [0.1, 0.15) is 13.8 Å². The summed E-state index contributed by atoms with van der Waals surface area (Å²) in [6.45, 7) is 19.4. The van der Waals surface area contributed by atoms with E-state index in [2.05, 4.69) is 53.1 Å². The van der Waals surface area contributed by atoms with Crippen LogP contribution in [0, 0.1) is 5.41 Å². The molecule has 0 fully saturated rings. The van der Waals surface area contributed by atoms with Crippen LogP contribution >= 0.6 is 0 Å². The van der Waals surface area contributed by atoms with Gasteiger partial charge in [0.05, 0.1) is 0 Å². The predicted molar refractivity (Wildman–Crippen MR) is 72.4 cm³/mol. The molecule has 0 radical (unpaired) electrons. The summed E-state index contributed by atoms with van der Waals surface area (Å²) < 4.78 is 11.9. The zero-order valence-electron chi connectivity index (χ0n) is 11.7. The molecular weight excluding hydrogens is 220 g/mol. The molecule has 0 unspecified atom stereocenters. The first-order chi connectivity index (χ1) is 6.41. The zero-order valence-corrected chi connectivity index (χ0v) is 13.7. The van der Waals surface area contributed by atoms with Crippen molar-refractivity contribution in [3.8, 4) is 0 Å². The fourth-order valence-corrected chi connectivity index (χ4v) is 2.51. The monoisotopic (exact) mass is 248 g/mol. The van der Waals surface area contributed by atoms with Gasteiger partial charge in [-0.3, -0.25) is 0 Å². The highest BCUT2D eigenvalue weighted by Gasteiger charge is 2.26. The van der Waals surface area contributed by atoms with E-state index in [1.165, 1.54) is 0 Å². The second-order valence-electron chi connectivity index (χ2n) is 6.97. The molecule has 0 aromatic carbocycles. The molecule has 15 heavy (non-hydrogen) atoms. The summed E-state index contributed by atoms with van der Waals surface area (Å²) in [4.78, 5) is 0. The summed E-state index contributed by atoms with van der Waals surface area (Å²) in [6.07, 6.45) is 0. The molecule has 0 heterocycles. The van der Waals surface area contributed by atoms with Crippen molar-refractivity contribution in [2.75, 3.05) is 13.2 Å². The molecule has 0 saturated carbocycles. The molecule has 0 rings (SSSR count). The predicted octanol–water partition coefficient (Wildman–Crippen LogP) is 3.72. The minimum Gasteiger partial charge on any atom is -0.417 e. The van der Waals surface area contributed by atoms with Gasteiger partial charge in [-0.05, 0) is 39.3 Å². The van der Waals surface area contributed by atoms with Crippen molar-refractivity contribution < 1.29 is 8.85 Å². The Morgan fingerprint density at radius 3 is 1.20 bits per heavy atom. The summed E-state index contributed by atoms with van der Waals surface area (Å²) >= 11 is 0. The molecule has 0 N–H and O–H groups in total. The average Bonchev–Trinajstić information content (AvgIpc) is 1.96. The normalized spacial score (nSPS) is 14.4. The van der Waals surface area contributed by atoms with Gasteiger partial charge in [0, 0.05) is 18.6 Å². The van der Waals surface area contributed by atoms with Crippen LogP contribution in [0.3, 0.4) is 0 Å². The van der Waals surface area contributed by atoms with E-state index < -0.39 is 16.6 Å². The molecule has 0 aliphatic rings. The average molecular weight is 249 g/mol. The Labute approximate surface area is 97.6 Å². The number of hydrogen-bond acceptors (Lipinski definition) is 2. The Morgan fingerprint density at radius 2 is 1.00 bits per heavy atom. The van der Waals surface area contributed by atoms with E-state index in [9.17, 15) is 0 Å². The van der Waals surface area contributed by atoms with Crippen molar-refractivity contribution in [2.24, 2.45) is 5.41 Å². The molecule has 2 nitrogen and oxygen atoms in total. The molecule has 0 bridgehead atoms. The third kappa shape index (κ3) is 10.6. The standard InChI is InChI=1S/C11H28O2Si2/c1-11(2,9-12-14(3,4)5)10-13-15(6,7)8/h9-10H2,1-8H3. The van der Waals surface area contributed by atoms with Crippen LogP contribution in [0.5, 0.6) is 0 Å². The smallest absolute Gasteiger partial charge is 0.183 e. The van der Waals surface area contributed by atoms with Gasteiger partial charge in [0.1, 0.15) is 0 Å². The van der Waals surface area contributed by atoms with E-state index in [4.69, 9.17) is 8.85 Å². The van der Waals surface area contributed by atoms with E-state index in [0.717, 1.165) is 13.2 Å². The van der Waals surface area contributed by atoms with E-state index in [-0.39, 0.29) is 5.41 Å². The van der Waals surface area contributed by atoms with Gasteiger partial charge in [0.25, 0.3) is 0 Å². The highest BCUT2D eigenvalue weighted by atomic mass is 28.4. The molecule has 0 aromatic rings. The van der Waals surface area contributed by atoms with Gasteiger partial charge >= 0.3 is 0 Å². The van der Waals surface area contributed by atoms with Gasteiger partial charge in [0.15, 0.2) is 16.6 Å². The summed E-state index contributed by atoms with van der Waals surface area (Å²) in [5.41, 5.74) is 0.139. The lowest BCUT2D eigenvalue weighted by Crippen LogP contribution is -2.37. The Morgan fingerprint density at radius 1 is 0.733 bits per heavy atom. The van der Waals surface area contributed by atoms with Crippen LogP contribution in [0.15, 0.2) is 0 Å². The maximum atomic E-state index is 5.93. The lowest BCUT2D eigenvalue weighted by molar-refractivity contribution is 0.103. The van der Waals surface area contributed by atoms with Crippen LogP contribution in [0.4, 0.5) is 0 Å². The van der Waals surface area contributed by atoms with Crippen molar-refractivity contribution >= 4 is 16.6 Å². The van der Waals surface area contributed by atoms with Crippen LogP contribution in [0.25, 0.3) is 0 Å². The van der Waals surface area contributed by atoms with E-state index >= 15 is 0 Å². The summed E-state index contributed by atoms with van der Waals surface area (Å²) in [6, 6.07) is 0. The minimum atomic E-state index is -1.39. The van der Waals surface area contributed by atoms with Crippen LogP contribution in [-0.4, -0.2) is 29.8 Å². The SMILES string of the molecule is CC(C)(CO[Si](C)(C)C)CO[Si](C)(C)C. The molecule has 0 atom stereocenters. The zero-order chi connectivity index (χ0) is 12.3. The van der Waals surface area contributed by atoms with Gasteiger partial charge in [0.2, 0.25) is 0 Å². The van der Waals surface area contributed by atoms with E-state index in [0.29, 0.717) is 0 Å². The lowest BCUT2D eigenvalue weighted by atomic mass is 9.97. The van der Waals surface area contributed by atoms with Crippen molar-refractivity contribution in [2.45, 2.75) is 53.1 Å². The number of rotatable bonds is 6. The lowest BCUT2D eigenvalue weighted by Gasteiger charge is -2.31. The van der Waals surface area contributed by atoms with Gasteiger partial charge < -0.3 is 8.85 Å². The Hall–Kier alpha value is 0.354. The molecular formula is C11H28O2Si2. The second kappa shape index (κ2) is 5.12. The van der Waals surface area contributed by atoms with Gasteiger partial charge in [-0.25, -0.2) is 0 Å². The molecule has 92 valence electrons. The van der Waals surface area contributed by atoms with Crippen molar-refractivity contribution in [3.63, 3.8) is 0 Å². The number of hydrogen-bond donors (Lipinski definition) is 0. The third-order valence-electron chi connectivity index (χ3n) is 1.79. The van der Waals surface area contributed by atoms with Crippen LogP contribution < -0.4 is 0 Å². The Balaban J connectivity index is 3.98. The first-order valence-electron chi connectivity index (χ1n) is 5.69. The summed E-state index contributed by atoms with van der Waals surface area (Å²) in [7, 11) is -2.77. The molecule has 0 amide bonds. The molecule has 0 aliphatic carbocycles. The highest BCUT2D eigenvalue weighted by Crippen LogP contribution is 2.20. The van der Waals surface area contributed by atoms with Crippen LogP contribution in [-0.2, 0) is 8.85 Å². The molecule has 0 saturated heterocycles. The highest BCUT2D eigenvalue weighted by molar-refractivity contribution is 6.70. The fourth-order valence-electron chi connectivity index (χ4n) is 0.865. The van der Waals surface area contributed by atoms with Crippen molar-refractivity contribution in [3.05, 3.63) is 0 Å².